The quantitative estimate of drug-likeness (QED) is 0.881. The lowest BCUT2D eigenvalue weighted by atomic mass is 10.2. The van der Waals surface area contributed by atoms with Crippen LogP contribution in [0.1, 0.15) is 12.2 Å². The van der Waals surface area contributed by atoms with Gasteiger partial charge in [0.1, 0.15) is 12.0 Å². The lowest BCUT2D eigenvalue weighted by Gasteiger charge is -2.28. The molecule has 0 bridgehead atoms. The Kier molecular flexibility index (Phi) is 5.03. The Morgan fingerprint density at radius 3 is 2.92 bits per heavy atom. The molecule has 1 fully saturated rings. The molecule has 1 N–H and O–H groups in total. The summed E-state index contributed by atoms with van der Waals surface area (Å²) in [5.41, 5.74) is 0.638. The van der Waals surface area contributed by atoms with Gasteiger partial charge in [0.2, 0.25) is 0 Å². The van der Waals surface area contributed by atoms with E-state index in [0.29, 0.717) is 31.7 Å². The van der Waals surface area contributed by atoms with Gasteiger partial charge in [0.15, 0.2) is 0 Å². The Balaban J connectivity index is 1.59. The summed E-state index contributed by atoms with van der Waals surface area (Å²) in [5.74, 6) is 0.890. The summed E-state index contributed by atoms with van der Waals surface area (Å²) < 4.78 is 17.5. The molecular formula is C16H24FN7O. The molecule has 0 unspecified atom stereocenters. The first-order valence-electron chi connectivity index (χ1n) is 8.27. The van der Waals surface area contributed by atoms with Gasteiger partial charge in [-0.2, -0.15) is 5.10 Å². The third kappa shape index (κ3) is 4.16. The summed E-state index contributed by atoms with van der Waals surface area (Å²) in [6.45, 7) is 1.40. The molecule has 3 heterocycles. The van der Waals surface area contributed by atoms with Crippen molar-refractivity contribution in [1.29, 1.82) is 0 Å². The van der Waals surface area contributed by atoms with Crippen LogP contribution >= 0.6 is 0 Å². The molecule has 3 rings (SSSR count). The average molecular weight is 349 g/mol. The number of urea groups is 1. The zero-order chi connectivity index (χ0) is 18.0. The van der Waals surface area contributed by atoms with E-state index in [1.54, 1.807) is 42.3 Å². The summed E-state index contributed by atoms with van der Waals surface area (Å²) in [6.07, 6.45) is 6.48. The number of imidazole rings is 1. The van der Waals surface area contributed by atoms with Crippen LogP contribution in [0.4, 0.5) is 14.9 Å². The summed E-state index contributed by atoms with van der Waals surface area (Å²) in [4.78, 5) is 20.3. The van der Waals surface area contributed by atoms with Crippen molar-refractivity contribution >= 4 is 11.7 Å². The molecule has 2 atom stereocenters. The predicted molar refractivity (Wildman–Crippen MR) is 91.8 cm³/mol. The third-order valence-corrected chi connectivity index (χ3v) is 4.53. The Morgan fingerprint density at radius 1 is 1.48 bits per heavy atom. The van der Waals surface area contributed by atoms with E-state index in [1.165, 1.54) is 0 Å². The first kappa shape index (κ1) is 17.4. The minimum absolute atomic E-state index is 0.0312. The number of carbonyl (C=O) groups excluding carboxylic acids is 1. The second-order valence-electron chi connectivity index (χ2n) is 6.58. The zero-order valence-electron chi connectivity index (χ0n) is 14.8. The van der Waals surface area contributed by atoms with Crippen LogP contribution in [0.5, 0.6) is 0 Å². The molecule has 2 amide bonds. The Labute approximate surface area is 146 Å². The molecule has 1 aliphatic rings. The predicted octanol–water partition coefficient (Wildman–Crippen LogP) is 1.23. The number of anilines is 1. The first-order valence-corrected chi connectivity index (χ1v) is 8.27. The lowest BCUT2D eigenvalue weighted by Crippen LogP contribution is -2.42. The fourth-order valence-electron chi connectivity index (χ4n) is 3.14. The Morgan fingerprint density at radius 2 is 2.28 bits per heavy atom. The smallest absolute Gasteiger partial charge is 0.321 e. The highest BCUT2D eigenvalue weighted by molar-refractivity contribution is 5.88. The maximum absolute atomic E-state index is 14.0. The summed E-state index contributed by atoms with van der Waals surface area (Å²) in [6, 6.07) is -0.261. The van der Waals surface area contributed by atoms with Gasteiger partial charge in [0, 0.05) is 58.9 Å². The van der Waals surface area contributed by atoms with Crippen LogP contribution < -0.4 is 5.32 Å². The molecule has 136 valence electrons. The number of carbonyl (C=O) groups is 1. The number of hydrogen-bond acceptors (Lipinski definition) is 4. The van der Waals surface area contributed by atoms with Gasteiger partial charge in [0.25, 0.3) is 0 Å². The number of aryl methyl sites for hydroxylation is 2. The number of rotatable bonds is 5. The molecule has 0 aromatic carbocycles. The minimum Gasteiger partial charge on any atom is -0.337 e. The van der Waals surface area contributed by atoms with E-state index in [0.717, 1.165) is 5.82 Å². The van der Waals surface area contributed by atoms with Crippen molar-refractivity contribution in [2.45, 2.75) is 25.2 Å². The summed E-state index contributed by atoms with van der Waals surface area (Å²) in [7, 11) is 5.43. The van der Waals surface area contributed by atoms with Gasteiger partial charge in [-0.15, -0.1) is 0 Å². The average Bonchev–Trinajstić information content (AvgIpc) is 3.23. The van der Waals surface area contributed by atoms with Crippen molar-refractivity contribution in [2.24, 2.45) is 14.1 Å². The van der Waals surface area contributed by atoms with Gasteiger partial charge in [-0.05, 0) is 6.42 Å². The molecule has 1 saturated heterocycles. The largest absolute Gasteiger partial charge is 0.337 e. The normalized spacial score (nSPS) is 20.8. The number of hydrogen-bond donors (Lipinski definition) is 1. The van der Waals surface area contributed by atoms with Crippen molar-refractivity contribution in [3.63, 3.8) is 0 Å². The second-order valence-corrected chi connectivity index (χ2v) is 6.58. The first-order chi connectivity index (χ1) is 11.9. The van der Waals surface area contributed by atoms with E-state index in [4.69, 9.17) is 0 Å². The molecule has 2 aromatic heterocycles. The highest BCUT2D eigenvalue weighted by Gasteiger charge is 2.34. The van der Waals surface area contributed by atoms with E-state index in [9.17, 15) is 9.18 Å². The van der Waals surface area contributed by atoms with E-state index in [-0.39, 0.29) is 12.1 Å². The number of halogens is 1. The Bertz CT molecular complexity index is 728. The molecule has 2 aromatic rings. The molecule has 0 radical (unpaired) electrons. The summed E-state index contributed by atoms with van der Waals surface area (Å²) in [5, 5.41) is 6.81. The molecule has 0 aliphatic carbocycles. The maximum atomic E-state index is 14.0. The minimum atomic E-state index is -0.875. The third-order valence-electron chi connectivity index (χ3n) is 4.53. The fourth-order valence-corrected chi connectivity index (χ4v) is 3.14. The number of likely N-dealkylation sites (tertiary alicyclic amines) is 1. The number of alkyl halides is 1. The second kappa shape index (κ2) is 7.22. The monoisotopic (exact) mass is 349 g/mol. The Hall–Kier alpha value is -2.42. The van der Waals surface area contributed by atoms with E-state index in [1.807, 2.05) is 17.8 Å². The van der Waals surface area contributed by atoms with Crippen LogP contribution in [0, 0.1) is 0 Å². The highest BCUT2D eigenvalue weighted by atomic mass is 19.1. The molecular weight excluding hydrogens is 325 g/mol. The van der Waals surface area contributed by atoms with Crippen molar-refractivity contribution in [3.8, 4) is 0 Å². The van der Waals surface area contributed by atoms with Gasteiger partial charge in [0.05, 0.1) is 18.4 Å². The molecule has 9 heteroatoms. The highest BCUT2D eigenvalue weighted by Crippen LogP contribution is 2.23. The van der Waals surface area contributed by atoms with Crippen LogP contribution in [0.15, 0.2) is 24.8 Å². The number of aromatic nitrogens is 4. The zero-order valence-corrected chi connectivity index (χ0v) is 14.8. The number of amides is 2. The maximum Gasteiger partial charge on any atom is 0.321 e. The molecule has 8 nitrogen and oxygen atoms in total. The number of likely N-dealkylation sites (N-methyl/N-ethyl adjacent to an activating group) is 1. The topological polar surface area (TPSA) is 71.2 Å². The molecule has 0 saturated carbocycles. The van der Waals surface area contributed by atoms with Crippen LogP contribution in [0.25, 0.3) is 0 Å². The summed E-state index contributed by atoms with van der Waals surface area (Å²) >= 11 is 0. The van der Waals surface area contributed by atoms with Gasteiger partial charge in [-0.1, -0.05) is 0 Å². The fraction of sp³-hybridized carbons (Fsp3) is 0.562. The molecule has 1 aliphatic heterocycles. The van der Waals surface area contributed by atoms with Gasteiger partial charge in [-0.3, -0.25) is 9.58 Å². The van der Waals surface area contributed by atoms with E-state index >= 15 is 0 Å². The molecule has 0 spiro atoms. The van der Waals surface area contributed by atoms with Crippen molar-refractivity contribution in [2.75, 3.05) is 25.5 Å². The van der Waals surface area contributed by atoms with Crippen molar-refractivity contribution < 1.29 is 9.18 Å². The van der Waals surface area contributed by atoms with Crippen molar-refractivity contribution in [3.05, 3.63) is 30.6 Å². The standard InChI is InChI=1S/C16H24FN7O/c1-21-5-4-18-15(21)11-24-8-12(17)6-14(24)10-22(2)16(25)20-13-7-19-23(3)9-13/h4-5,7,9,12,14H,6,8,10-11H2,1-3H3,(H,20,25)/t12-,14-/m0/s1. The SMILES string of the molecule is CN(C[C@@H]1C[C@H](F)CN1Cc1nccn1C)C(=O)Nc1cnn(C)c1. The van der Waals surface area contributed by atoms with E-state index < -0.39 is 6.17 Å². The van der Waals surface area contributed by atoms with Gasteiger partial charge in [-0.25, -0.2) is 14.2 Å². The van der Waals surface area contributed by atoms with E-state index in [2.05, 4.69) is 20.3 Å². The number of nitrogens with one attached hydrogen (secondary N) is 1. The van der Waals surface area contributed by atoms with Gasteiger partial charge < -0.3 is 14.8 Å². The molecule has 25 heavy (non-hydrogen) atoms. The van der Waals surface area contributed by atoms with Crippen molar-refractivity contribution in [1.82, 2.24) is 29.1 Å². The van der Waals surface area contributed by atoms with Crippen LogP contribution in [-0.4, -0.2) is 67.5 Å². The van der Waals surface area contributed by atoms with Crippen LogP contribution in [0.2, 0.25) is 0 Å². The lowest BCUT2D eigenvalue weighted by molar-refractivity contribution is 0.180. The van der Waals surface area contributed by atoms with Crippen LogP contribution in [0.3, 0.4) is 0 Å². The van der Waals surface area contributed by atoms with Gasteiger partial charge >= 0.3 is 6.03 Å². The van der Waals surface area contributed by atoms with Crippen LogP contribution in [-0.2, 0) is 20.6 Å². The number of nitrogens with zero attached hydrogens (tertiary/aromatic N) is 6.